The highest BCUT2D eigenvalue weighted by Gasteiger charge is 2.36. The molecule has 1 saturated heterocycles. The van der Waals surface area contributed by atoms with Crippen LogP contribution in [0.2, 0.25) is 0 Å². The molecule has 1 aliphatic heterocycles. The van der Waals surface area contributed by atoms with Gasteiger partial charge in [0.1, 0.15) is 0 Å². The standard InChI is InChI=1S/C13H26N2O/c1-2-4-11(9-14)10-15-7-8-16-13-6-3-5-12(13)15/h11-13H,2-10,14H2,1H3. The normalized spacial score (nSPS) is 32.6. The molecule has 0 aromatic heterocycles. The fourth-order valence-corrected chi connectivity index (χ4v) is 3.26. The summed E-state index contributed by atoms with van der Waals surface area (Å²) >= 11 is 0. The smallest absolute Gasteiger partial charge is 0.0730 e. The van der Waals surface area contributed by atoms with E-state index in [2.05, 4.69) is 11.8 Å². The van der Waals surface area contributed by atoms with Crippen molar-refractivity contribution in [1.82, 2.24) is 4.90 Å². The third-order valence-corrected chi connectivity index (χ3v) is 4.12. The van der Waals surface area contributed by atoms with Crippen molar-refractivity contribution in [1.29, 1.82) is 0 Å². The first kappa shape index (κ1) is 12.3. The lowest BCUT2D eigenvalue weighted by atomic mass is 10.0. The summed E-state index contributed by atoms with van der Waals surface area (Å²) < 4.78 is 5.83. The summed E-state index contributed by atoms with van der Waals surface area (Å²) in [5.74, 6) is 0.685. The van der Waals surface area contributed by atoms with E-state index in [1.54, 1.807) is 0 Å². The number of nitrogens with two attached hydrogens (primary N) is 1. The molecular weight excluding hydrogens is 200 g/mol. The lowest BCUT2D eigenvalue weighted by Crippen LogP contribution is -2.50. The minimum atomic E-state index is 0.522. The fraction of sp³-hybridized carbons (Fsp3) is 1.00. The molecule has 16 heavy (non-hydrogen) atoms. The molecular formula is C13H26N2O. The molecule has 0 spiro atoms. The van der Waals surface area contributed by atoms with Crippen LogP contribution in [0, 0.1) is 5.92 Å². The Morgan fingerprint density at radius 1 is 1.44 bits per heavy atom. The molecule has 2 aliphatic rings. The second-order valence-corrected chi connectivity index (χ2v) is 5.29. The van der Waals surface area contributed by atoms with Crippen molar-refractivity contribution in [2.45, 2.75) is 51.2 Å². The van der Waals surface area contributed by atoms with Gasteiger partial charge in [0.15, 0.2) is 0 Å². The summed E-state index contributed by atoms with van der Waals surface area (Å²) in [6.45, 7) is 6.31. The van der Waals surface area contributed by atoms with Crippen LogP contribution in [0.15, 0.2) is 0 Å². The van der Waals surface area contributed by atoms with E-state index in [9.17, 15) is 0 Å². The lowest BCUT2D eigenvalue weighted by Gasteiger charge is -2.39. The molecule has 2 N–H and O–H groups in total. The SMILES string of the molecule is CCCC(CN)CN1CCOC2CCCC21. The molecule has 0 bridgehead atoms. The van der Waals surface area contributed by atoms with Gasteiger partial charge in [0.2, 0.25) is 0 Å². The topological polar surface area (TPSA) is 38.5 Å². The van der Waals surface area contributed by atoms with Gasteiger partial charge in [-0.15, -0.1) is 0 Å². The quantitative estimate of drug-likeness (QED) is 0.774. The molecule has 2 fully saturated rings. The van der Waals surface area contributed by atoms with Gasteiger partial charge in [-0.2, -0.15) is 0 Å². The van der Waals surface area contributed by atoms with Crippen LogP contribution >= 0.6 is 0 Å². The highest BCUT2D eigenvalue weighted by Crippen LogP contribution is 2.30. The van der Waals surface area contributed by atoms with Crippen LogP contribution < -0.4 is 5.73 Å². The van der Waals surface area contributed by atoms with Crippen LogP contribution in [0.5, 0.6) is 0 Å². The van der Waals surface area contributed by atoms with E-state index < -0.39 is 0 Å². The van der Waals surface area contributed by atoms with Crippen molar-refractivity contribution < 1.29 is 4.74 Å². The molecule has 2 rings (SSSR count). The van der Waals surface area contributed by atoms with Crippen molar-refractivity contribution in [2.24, 2.45) is 11.7 Å². The van der Waals surface area contributed by atoms with Crippen LogP contribution in [0.1, 0.15) is 39.0 Å². The zero-order valence-electron chi connectivity index (χ0n) is 10.5. The Kier molecular flexibility index (Phi) is 4.62. The molecule has 94 valence electrons. The van der Waals surface area contributed by atoms with Crippen LogP contribution in [0.25, 0.3) is 0 Å². The molecule has 1 heterocycles. The largest absolute Gasteiger partial charge is 0.375 e. The molecule has 0 aromatic carbocycles. The monoisotopic (exact) mass is 226 g/mol. The molecule has 0 aromatic rings. The molecule has 3 heteroatoms. The Morgan fingerprint density at radius 3 is 3.06 bits per heavy atom. The van der Waals surface area contributed by atoms with E-state index in [0.717, 1.165) is 19.7 Å². The third-order valence-electron chi connectivity index (χ3n) is 4.12. The van der Waals surface area contributed by atoms with E-state index in [1.165, 1.54) is 38.6 Å². The van der Waals surface area contributed by atoms with Gasteiger partial charge in [-0.3, -0.25) is 4.90 Å². The predicted octanol–water partition coefficient (Wildman–Crippen LogP) is 1.61. The predicted molar refractivity (Wildman–Crippen MR) is 66.4 cm³/mol. The number of rotatable bonds is 5. The fourth-order valence-electron chi connectivity index (χ4n) is 3.26. The van der Waals surface area contributed by atoms with Crippen molar-refractivity contribution in [3.63, 3.8) is 0 Å². The lowest BCUT2D eigenvalue weighted by molar-refractivity contribution is -0.0601. The summed E-state index contributed by atoms with van der Waals surface area (Å²) in [5, 5.41) is 0. The van der Waals surface area contributed by atoms with Crippen molar-refractivity contribution in [3.05, 3.63) is 0 Å². The second kappa shape index (κ2) is 5.99. The third kappa shape index (κ3) is 2.76. The summed E-state index contributed by atoms with van der Waals surface area (Å²) in [6.07, 6.45) is 6.98. The van der Waals surface area contributed by atoms with Gasteiger partial charge >= 0.3 is 0 Å². The Balaban J connectivity index is 1.87. The van der Waals surface area contributed by atoms with Gasteiger partial charge in [-0.1, -0.05) is 13.3 Å². The number of hydrogen-bond donors (Lipinski definition) is 1. The van der Waals surface area contributed by atoms with E-state index >= 15 is 0 Å². The van der Waals surface area contributed by atoms with E-state index in [0.29, 0.717) is 18.1 Å². The molecule has 3 unspecified atom stereocenters. The Bertz CT molecular complexity index is 210. The van der Waals surface area contributed by atoms with Crippen molar-refractivity contribution in [2.75, 3.05) is 26.2 Å². The van der Waals surface area contributed by atoms with E-state index in [4.69, 9.17) is 10.5 Å². The van der Waals surface area contributed by atoms with Gasteiger partial charge < -0.3 is 10.5 Å². The Morgan fingerprint density at radius 2 is 2.31 bits per heavy atom. The molecule has 3 atom stereocenters. The first-order valence-corrected chi connectivity index (χ1v) is 6.90. The maximum Gasteiger partial charge on any atom is 0.0730 e. The highest BCUT2D eigenvalue weighted by molar-refractivity contribution is 4.90. The first-order valence-electron chi connectivity index (χ1n) is 6.90. The van der Waals surface area contributed by atoms with Gasteiger partial charge in [0.05, 0.1) is 12.7 Å². The number of hydrogen-bond acceptors (Lipinski definition) is 3. The zero-order valence-corrected chi connectivity index (χ0v) is 10.5. The van der Waals surface area contributed by atoms with Crippen LogP contribution in [0.4, 0.5) is 0 Å². The van der Waals surface area contributed by atoms with Crippen LogP contribution in [0.3, 0.4) is 0 Å². The zero-order chi connectivity index (χ0) is 11.4. The maximum absolute atomic E-state index is 5.86. The Hall–Kier alpha value is -0.120. The number of fused-ring (bicyclic) bond motifs is 1. The maximum atomic E-state index is 5.86. The molecule has 0 radical (unpaired) electrons. The summed E-state index contributed by atoms with van der Waals surface area (Å²) in [4.78, 5) is 2.65. The molecule has 1 aliphatic carbocycles. The van der Waals surface area contributed by atoms with Gasteiger partial charge in [0.25, 0.3) is 0 Å². The summed E-state index contributed by atoms with van der Waals surface area (Å²) in [7, 11) is 0. The molecule has 3 nitrogen and oxygen atoms in total. The highest BCUT2D eigenvalue weighted by atomic mass is 16.5. The van der Waals surface area contributed by atoms with Crippen LogP contribution in [-0.4, -0.2) is 43.3 Å². The minimum Gasteiger partial charge on any atom is -0.375 e. The average Bonchev–Trinajstić information content (AvgIpc) is 2.77. The minimum absolute atomic E-state index is 0.522. The van der Waals surface area contributed by atoms with Gasteiger partial charge in [-0.25, -0.2) is 0 Å². The number of ether oxygens (including phenoxy) is 1. The Labute approximate surface area is 99.3 Å². The summed E-state index contributed by atoms with van der Waals surface area (Å²) in [6, 6.07) is 0.694. The number of nitrogens with zero attached hydrogens (tertiary/aromatic N) is 1. The van der Waals surface area contributed by atoms with Crippen LogP contribution in [-0.2, 0) is 4.74 Å². The van der Waals surface area contributed by atoms with E-state index in [-0.39, 0.29) is 0 Å². The molecule has 1 saturated carbocycles. The molecule has 0 amide bonds. The van der Waals surface area contributed by atoms with Crippen molar-refractivity contribution in [3.8, 4) is 0 Å². The van der Waals surface area contributed by atoms with Gasteiger partial charge in [-0.05, 0) is 38.1 Å². The first-order chi connectivity index (χ1) is 7.85. The summed E-state index contributed by atoms with van der Waals surface area (Å²) in [5.41, 5.74) is 5.86. The average molecular weight is 226 g/mol. The van der Waals surface area contributed by atoms with E-state index in [1.807, 2.05) is 0 Å². The second-order valence-electron chi connectivity index (χ2n) is 5.29. The van der Waals surface area contributed by atoms with Crippen molar-refractivity contribution >= 4 is 0 Å². The number of morpholine rings is 1. The van der Waals surface area contributed by atoms with Gasteiger partial charge in [0, 0.05) is 19.1 Å².